The molecule has 1 aliphatic rings. The highest BCUT2D eigenvalue weighted by atomic mass is 35.5. The third kappa shape index (κ3) is 2.27. The molecule has 5 nitrogen and oxygen atoms in total. The van der Waals surface area contributed by atoms with Crippen molar-refractivity contribution < 1.29 is 4.79 Å². The van der Waals surface area contributed by atoms with Gasteiger partial charge in [-0.3, -0.25) is 4.79 Å². The van der Waals surface area contributed by atoms with Crippen LogP contribution in [0, 0.1) is 0 Å². The Morgan fingerprint density at radius 1 is 1.61 bits per heavy atom. The Labute approximate surface area is 112 Å². The Bertz CT molecular complexity index is 452. The van der Waals surface area contributed by atoms with Gasteiger partial charge in [0.1, 0.15) is 23.3 Å². The minimum Gasteiger partial charge on any atom is -0.357 e. The van der Waals surface area contributed by atoms with E-state index in [1.165, 1.54) is 6.33 Å². The van der Waals surface area contributed by atoms with Crippen molar-refractivity contribution in [3.8, 4) is 0 Å². The van der Waals surface area contributed by atoms with Crippen LogP contribution >= 0.6 is 11.6 Å². The van der Waals surface area contributed by atoms with Crippen LogP contribution < -0.4 is 10.2 Å². The lowest BCUT2D eigenvalue weighted by molar-refractivity contribution is -0.121. The van der Waals surface area contributed by atoms with Gasteiger partial charge in [0.2, 0.25) is 5.91 Å². The highest BCUT2D eigenvalue weighted by Crippen LogP contribution is 2.29. The number of aromatic nitrogens is 2. The van der Waals surface area contributed by atoms with Crippen LogP contribution in [0.4, 0.5) is 5.82 Å². The summed E-state index contributed by atoms with van der Waals surface area (Å²) in [5, 5.41) is 3.18. The molecule has 1 saturated heterocycles. The first-order valence-corrected chi connectivity index (χ1v) is 6.54. The van der Waals surface area contributed by atoms with E-state index in [4.69, 9.17) is 11.6 Å². The maximum absolute atomic E-state index is 11.9. The van der Waals surface area contributed by atoms with Crippen molar-refractivity contribution in [1.82, 2.24) is 15.3 Å². The second kappa shape index (κ2) is 5.52. The summed E-state index contributed by atoms with van der Waals surface area (Å²) in [6.07, 6.45) is 4.05. The van der Waals surface area contributed by atoms with Crippen molar-refractivity contribution in [3.05, 3.63) is 17.0 Å². The van der Waals surface area contributed by atoms with Crippen molar-refractivity contribution >= 4 is 23.3 Å². The van der Waals surface area contributed by atoms with Crippen molar-refractivity contribution in [2.75, 3.05) is 18.5 Å². The smallest absolute Gasteiger partial charge is 0.242 e. The average Bonchev–Trinajstić information content (AvgIpc) is 2.86. The minimum absolute atomic E-state index is 0.0317. The molecule has 0 spiro atoms. The van der Waals surface area contributed by atoms with E-state index in [-0.39, 0.29) is 11.9 Å². The molecule has 1 N–H and O–H groups in total. The van der Waals surface area contributed by atoms with Gasteiger partial charge in [0.05, 0.1) is 0 Å². The van der Waals surface area contributed by atoms with Crippen LogP contribution in [0.3, 0.4) is 0 Å². The Balaban J connectivity index is 2.36. The van der Waals surface area contributed by atoms with Crippen LogP contribution in [0.1, 0.15) is 25.3 Å². The largest absolute Gasteiger partial charge is 0.357 e. The average molecular weight is 269 g/mol. The highest BCUT2D eigenvalue weighted by molar-refractivity contribution is 6.30. The Morgan fingerprint density at radius 3 is 3.06 bits per heavy atom. The molecule has 0 radical (unpaired) electrons. The van der Waals surface area contributed by atoms with Gasteiger partial charge in [0.25, 0.3) is 0 Å². The summed E-state index contributed by atoms with van der Waals surface area (Å²) in [5.41, 5.74) is 0.912. The Morgan fingerprint density at radius 2 is 2.39 bits per heavy atom. The molecule has 18 heavy (non-hydrogen) atoms. The molecular weight excluding hydrogens is 252 g/mol. The summed E-state index contributed by atoms with van der Waals surface area (Å²) in [4.78, 5) is 22.2. The predicted molar refractivity (Wildman–Crippen MR) is 70.9 cm³/mol. The SMILES string of the molecule is CCc1c(Cl)ncnc1N1CCCC1C(=O)NC. The molecule has 1 atom stereocenters. The van der Waals surface area contributed by atoms with E-state index >= 15 is 0 Å². The number of carbonyl (C=O) groups is 1. The van der Waals surface area contributed by atoms with E-state index in [0.717, 1.165) is 37.2 Å². The first-order valence-electron chi connectivity index (χ1n) is 6.16. The lowest BCUT2D eigenvalue weighted by Crippen LogP contribution is -2.42. The van der Waals surface area contributed by atoms with E-state index in [1.807, 2.05) is 11.8 Å². The van der Waals surface area contributed by atoms with Gasteiger partial charge in [0.15, 0.2) is 0 Å². The molecule has 1 aromatic rings. The lowest BCUT2D eigenvalue weighted by atomic mass is 10.2. The summed E-state index contributed by atoms with van der Waals surface area (Å²) in [6.45, 7) is 2.84. The molecule has 1 aromatic heterocycles. The maximum atomic E-state index is 11.9. The molecule has 0 aliphatic carbocycles. The van der Waals surface area contributed by atoms with Crippen LogP contribution in [-0.2, 0) is 11.2 Å². The van der Waals surface area contributed by atoms with Gasteiger partial charge in [-0.2, -0.15) is 0 Å². The van der Waals surface area contributed by atoms with Crippen LogP contribution in [0.5, 0.6) is 0 Å². The van der Waals surface area contributed by atoms with Crippen LogP contribution in [0.25, 0.3) is 0 Å². The molecule has 0 bridgehead atoms. The molecule has 6 heteroatoms. The number of halogens is 1. The quantitative estimate of drug-likeness (QED) is 0.842. The summed E-state index contributed by atoms with van der Waals surface area (Å²) in [5.74, 6) is 0.827. The van der Waals surface area contributed by atoms with Gasteiger partial charge in [-0.05, 0) is 19.3 Å². The number of nitrogens with zero attached hydrogens (tertiary/aromatic N) is 3. The fraction of sp³-hybridized carbons (Fsp3) is 0.583. The Kier molecular flexibility index (Phi) is 4.01. The van der Waals surface area contributed by atoms with E-state index in [2.05, 4.69) is 15.3 Å². The van der Waals surface area contributed by atoms with Gasteiger partial charge in [-0.15, -0.1) is 0 Å². The molecule has 1 fully saturated rings. The van der Waals surface area contributed by atoms with Crippen molar-refractivity contribution in [2.24, 2.45) is 0 Å². The Hall–Kier alpha value is -1.36. The van der Waals surface area contributed by atoms with Crippen LogP contribution in [0.2, 0.25) is 5.15 Å². The molecule has 2 rings (SSSR count). The molecule has 98 valence electrons. The van der Waals surface area contributed by atoms with E-state index in [1.54, 1.807) is 7.05 Å². The number of rotatable bonds is 3. The normalized spacial score (nSPS) is 19.1. The fourth-order valence-corrected chi connectivity index (χ4v) is 2.66. The number of amides is 1. The van der Waals surface area contributed by atoms with Crippen molar-refractivity contribution in [1.29, 1.82) is 0 Å². The highest BCUT2D eigenvalue weighted by Gasteiger charge is 2.32. The summed E-state index contributed by atoms with van der Waals surface area (Å²) in [7, 11) is 1.66. The third-order valence-electron chi connectivity index (χ3n) is 3.30. The monoisotopic (exact) mass is 268 g/mol. The number of likely N-dealkylation sites (N-methyl/N-ethyl adjacent to an activating group) is 1. The number of hydrogen-bond donors (Lipinski definition) is 1. The van der Waals surface area contributed by atoms with Gasteiger partial charge >= 0.3 is 0 Å². The molecule has 2 heterocycles. The van der Waals surface area contributed by atoms with Gasteiger partial charge in [-0.25, -0.2) is 9.97 Å². The minimum atomic E-state index is -0.147. The van der Waals surface area contributed by atoms with E-state index < -0.39 is 0 Å². The molecular formula is C12H17ClN4O. The molecule has 0 aromatic carbocycles. The van der Waals surface area contributed by atoms with Gasteiger partial charge < -0.3 is 10.2 Å². The lowest BCUT2D eigenvalue weighted by Gasteiger charge is -2.26. The third-order valence-corrected chi connectivity index (χ3v) is 3.62. The van der Waals surface area contributed by atoms with Gasteiger partial charge in [-0.1, -0.05) is 18.5 Å². The van der Waals surface area contributed by atoms with E-state index in [0.29, 0.717) is 5.15 Å². The summed E-state index contributed by atoms with van der Waals surface area (Å²) >= 11 is 6.09. The maximum Gasteiger partial charge on any atom is 0.242 e. The molecule has 0 saturated carbocycles. The topological polar surface area (TPSA) is 58.1 Å². The zero-order valence-electron chi connectivity index (χ0n) is 10.6. The molecule has 1 aliphatic heterocycles. The fourth-order valence-electron chi connectivity index (χ4n) is 2.39. The number of carbonyl (C=O) groups excluding carboxylic acids is 1. The van der Waals surface area contributed by atoms with Gasteiger partial charge in [0, 0.05) is 19.2 Å². The molecule has 1 unspecified atom stereocenters. The first-order chi connectivity index (χ1) is 8.69. The zero-order chi connectivity index (χ0) is 13.1. The number of anilines is 1. The first kappa shape index (κ1) is 13.1. The standard InChI is InChI=1S/C12H17ClN4O/c1-3-8-10(13)15-7-16-11(8)17-6-4-5-9(17)12(18)14-2/h7,9H,3-6H2,1-2H3,(H,14,18). The van der Waals surface area contributed by atoms with Crippen molar-refractivity contribution in [2.45, 2.75) is 32.2 Å². The summed E-state index contributed by atoms with van der Waals surface area (Å²) < 4.78 is 0. The second-order valence-corrected chi connectivity index (χ2v) is 4.64. The van der Waals surface area contributed by atoms with Crippen molar-refractivity contribution in [3.63, 3.8) is 0 Å². The van der Waals surface area contributed by atoms with E-state index in [9.17, 15) is 4.79 Å². The van der Waals surface area contributed by atoms with Crippen LogP contribution in [-0.4, -0.2) is 35.5 Å². The predicted octanol–water partition coefficient (Wildman–Crippen LogP) is 1.41. The number of nitrogens with one attached hydrogen (secondary N) is 1. The molecule has 1 amide bonds. The zero-order valence-corrected chi connectivity index (χ0v) is 11.4. The number of hydrogen-bond acceptors (Lipinski definition) is 4. The second-order valence-electron chi connectivity index (χ2n) is 4.29. The van der Waals surface area contributed by atoms with Crippen LogP contribution in [0.15, 0.2) is 6.33 Å². The summed E-state index contributed by atoms with van der Waals surface area (Å²) in [6, 6.07) is -0.147.